The van der Waals surface area contributed by atoms with E-state index in [0.29, 0.717) is 5.56 Å². The second-order valence-corrected chi connectivity index (χ2v) is 5.87. The van der Waals surface area contributed by atoms with E-state index in [0.717, 1.165) is 0 Å². The predicted molar refractivity (Wildman–Crippen MR) is 79.0 cm³/mol. The number of rotatable bonds is 7. The largest absolute Gasteiger partial charge is 0.479 e. The first-order chi connectivity index (χ1) is 10.5. The standard InChI is InChI=1S/C15H15O6P/c16-15(17)14(13-9-5-2-6-10-13)21-22(18,19)20-11-12-7-3-1-4-8-12/h1-10,14H,11H2,(H,16,17)(H,18,19)/t14-/m0/s1. The van der Waals surface area contributed by atoms with Crippen LogP contribution in [0.25, 0.3) is 0 Å². The van der Waals surface area contributed by atoms with Gasteiger partial charge in [-0.3, -0.25) is 9.05 Å². The summed E-state index contributed by atoms with van der Waals surface area (Å²) in [4.78, 5) is 20.9. The molecule has 0 bridgehead atoms. The maximum Gasteiger partial charge on any atom is 0.473 e. The molecule has 0 aliphatic rings. The molecular formula is C15H15O6P. The highest BCUT2D eigenvalue weighted by Gasteiger charge is 2.32. The Morgan fingerprint density at radius 1 is 1.05 bits per heavy atom. The topological polar surface area (TPSA) is 93.1 Å². The van der Waals surface area contributed by atoms with Crippen molar-refractivity contribution in [1.82, 2.24) is 0 Å². The van der Waals surface area contributed by atoms with Crippen molar-refractivity contribution in [3.05, 3.63) is 71.8 Å². The second-order valence-electron chi connectivity index (χ2n) is 4.46. The van der Waals surface area contributed by atoms with Crippen molar-refractivity contribution in [3.63, 3.8) is 0 Å². The van der Waals surface area contributed by atoms with Crippen LogP contribution in [0.2, 0.25) is 0 Å². The molecule has 0 fully saturated rings. The van der Waals surface area contributed by atoms with E-state index in [1.54, 1.807) is 48.5 Å². The van der Waals surface area contributed by atoms with Crippen LogP contribution in [0.3, 0.4) is 0 Å². The molecule has 2 aromatic carbocycles. The van der Waals surface area contributed by atoms with Gasteiger partial charge in [-0.2, -0.15) is 0 Å². The zero-order valence-corrected chi connectivity index (χ0v) is 12.4. The molecule has 116 valence electrons. The fourth-order valence-electron chi connectivity index (χ4n) is 1.77. The molecule has 2 aromatic rings. The van der Waals surface area contributed by atoms with Crippen molar-refractivity contribution >= 4 is 13.8 Å². The lowest BCUT2D eigenvalue weighted by Gasteiger charge is -2.18. The molecule has 2 N–H and O–H groups in total. The van der Waals surface area contributed by atoms with Crippen molar-refractivity contribution in [1.29, 1.82) is 0 Å². The van der Waals surface area contributed by atoms with Gasteiger partial charge in [-0.1, -0.05) is 60.7 Å². The summed E-state index contributed by atoms with van der Waals surface area (Å²) in [5.41, 5.74) is 0.930. The number of benzene rings is 2. The van der Waals surface area contributed by atoms with Gasteiger partial charge >= 0.3 is 13.8 Å². The van der Waals surface area contributed by atoms with Gasteiger partial charge in [0, 0.05) is 0 Å². The van der Waals surface area contributed by atoms with Crippen LogP contribution < -0.4 is 0 Å². The number of phosphoric ester groups is 1. The molecule has 7 heteroatoms. The van der Waals surface area contributed by atoms with Crippen LogP contribution in [0, 0.1) is 0 Å². The molecule has 0 saturated heterocycles. The quantitative estimate of drug-likeness (QED) is 0.761. The third-order valence-electron chi connectivity index (χ3n) is 2.80. The van der Waals surface area contributed by atoms with E-state index < -0.39 is 19.9 Å². The third kappa shape index (κ3) is 4.79. The Balaban J connectivity index is 2.05. The highest BCUT2D eigenvalue weighted by molar-refractivity contribution is 7.47. The van der Waals surface area contributed by atoms with Gasteiger partial charge in [0.1, 0.15) is 0 Å². The number of phosphoric acid groups is 1. The summed E-state index contributed by atoms with van der Waals surface area (Å²) in [7, 11) is -4.51. The first-order valence-electron chi connectivity index (χ1n) is 6.45. The van der Waals surface area contributed by atoms with E-state index in [1.807, 2.05) is 0 Å². The van der Waals surface area contributed by atoms with E-state index in [4.69, 9.17) is 14.2 Å². The second kappa shape index (κ2) is 7.33. The molecular weight excluding hydrogens is 307 g/mol. The van der Waals surface area contributed by atoms with Gasteiger partial charge < -0.3 is 10.00 Å². The Bertz CT molecular complexity index is 658. The highest BCUT2D eigenvalue weighted by atomic mass is 31.2. The number of hydrogen-bond donors (Lipinski definition) is 2. The van der Waals surface area contributed by atoms with Gasteiger partial charge in [-0.25, -0.2) is 9.36 Å². The summed E-state index contributed by atoms with van der Waals surface area (Å²) in [5, 5.41) is 9.16. The zero-order valence-electron chi connectivity index (χ0n) is 11.5. The van der Waals surface area contributed by atoms with Crippen molar-refractivity contribution in [3.8, 4) is 0 Å². The van der Waals surface area contributed by atoms with E-state index in [9.17, 15) is 14.3 Å². The first-order valence-corrected chi connectivity index (χ1v) is 7.95. The number of carboxylic acid groups (broad SMARTS) is 1. The molecule has 0 spiro atoms. The number of hydrogen-bond acceptors (Lipinski definition) is 4. The third-order valence-corrected chi connectivity index (χ3v) is 3.74. The minimum atomic E-state index is -4.51. The Kier molecular flexibility index (Phi) is 5.46. The first kappa shape index (κ1) is 16.4. The van der Waals surface area contributed by atoms with Crippen molar-refractivity contribution in [2.45, 2.75) is 12.7 Å². The normalized spacial score (nSPS) is 15.0. The smallest absolute Gasteiger partial charge is 0.473 e. The van der Waals surface area contributed by atoms with E-state index in [2.05, 4.69) is 0 Å². The summed E-state index contributed by atoms with van der Waals surface area (Å²) in [6.07, 6.45) is -1.58. The molecule has 0 amide bonds. The molecule has 0 aliphatic heterocycles. The molecule has 0 aliphatic carbocycles. The van der Waals surface area contributed by atoms with Crippen LogP contribution in [0.4, 0.5) is 0 Å². The number of aliphatic carboxylic acids is 1. The molecule has 0 saturated carbocycles. The lowest BCUT2D eigenvalue weighted by molar-refractivity contribution is -0.146. The minimum Gasteiger partial charge on any atom is -0.479 e. The molecule has 0 heterocycles. The molecule has 0 radical (unpaired) electrons. The maximum absolute atomic E-state index is 11.9. The fraction of sp³-hybridized carbons (Fsp3) is 0.133. The Labute approximate surface area is 127 Å². The van der Waals surface area contributed by atoms with Crippen LogP contribution in [-0.2, 0) is 25.0 Å². The summed E-state index contributed by atoms with van der Waals surface area (Å²) in [5.74, 6) is -1.37. The molecule has 6 nitrogen and oxygen atoms in total. The zero-order chi connectivity index (χ0) is 16.0. The lowest BCUT2D eigenvalue weighted by atomic mass is 10.1. The fourth-order valence-corrected chi connectivity index (χ4v) is 2.62. The van der Waals surface area contributed by atoms with Gasteiger partial charge in [-0.05, 0) is 11.1 Å². The molecule has 1 unspecified atom stereocenters. The summed E-state index contributed by atoms with van der Waals surface area (Å²) >= 11 is 0. The summed E-state index contributed by atoms with van der Waals surface area (Å²) in [6, 6.07) is 16.7. The maximum atomic E-state index is 11.9. The average Bonchev–Trinajstić information content (AvgIpc) is 2.52. The van der Waals surface area contributed by atoms with Gasteiger partial charge in [0.15, 0.2) is 6.10 Å². The van der Waals surface area contributed by atoms with E-state index in [1.165, 1.54) is 12.1 Å². The summed E-state index contributed by atoms with van der Waals surface area (Å²) in [6.45, 7) is -0.157. The van der Waals surface area contributed by atoms with Crippen molar-refractivity contribution in [2.24, 2.45) is 0 Å². The number of carboxylic acids is 1. The molecule has 2 atom stereocenters. The van der Waals surface area contributed by atoms with Crippen LogP contribution in [0.15, 0.2) is 60.7 Å². The SMILES string of the molecule is O=C(O)[C@@H](OP(=O)(O)OCc1ccccc1)c1ccccc1. The van der Waals surface area contributed by atoms with Crippen molar-refractivity contribution < 1.29 is 28.4 Å². The van der Waals surface area contributed by atoms with Crippen LogP contribution in [0.5, 0.6) is 0 Å². The average molecular weight is 322 g/mol. The molecule has 2 rings (SSSR count). The van der Waals surface area contributed by atoms with Gasteiger partial charge in [0.2, 0.25) is 0 Å². The Morgan fingerprint density at radius 2 is 1.59 bits per heavy atom. The number of carbonyl (C=O) groups is 1. The van der Waals surface area contributed by atoms with Gasteiger partial charge in [0.25, 0.3) is 0 Å². The van der Waals surface area contributed by atoms with Crippen LogP contribution >= 0.6 is 7.82 Å². The molecule has 0 aromatic heterocycles. The van der Waals surface area contributed by atoms with Crippen LogP contribution in [0.1, 0.15) is 17.2 Å². The predicted octanol–water partition coefficient (Wildman–Crippen LogP) is 3.15. The van der Waals surface area contributed by atoms with Crippen molar-refractivity contribution in [2.75, 3.05) is 0 Å². The Hall–Kier alpha value is -1.98. The van der Waals surface area contributed by atoms with Gasteiger partial charge in [0.05, 0.1) is 6.61 Å². The Morgan fingerprint density at radius 3 is 2.14 bits per heavy atom. The van der Waals surface area contributed by atoms with E-state index in [-0.39, 0.29) is 12.2 Å². The lowest BCUT2D eigenvalue weighted by Crippen LogP contribution is -2.14. The minimum absolute atomic E-state index is 0.157. The monoisotopic (exact) mass is 322 g/mol. The summed E-state index contributed by atoms with van der Waals surface area (Å²) < 4.78 is 21.6. The van der Waals surface area contributed by atoms with Crippen LogP contribution in [-0.4, -0.2) is 16.0 Å². The van der Waals surface area contributed by atoms with E-state index >= 15 is 0 Å². The highest BCUT2D eigenvalue weighted by Crippen LogP contribution is 2.48. The van der Waals surface area contributed by atoms with Gasteiger partial charge in [-0.15, -0.1) is 0 Å². The molecule has 22 heavy (non-hydrogen) atoms.